The summed E-state index contributed by atoms with van der Waals surface area (Å²) in [5, 5.41) is 10.5. The molecule has 0 radical (unpaired) electrons. The molecule has 1 saturated heterocycles. The Morgan fingerprint density at radius 2 is 1.70 bits per heavy atom. The molecular weight excluding hydrogens is 556 g/mol. The first-order valence-electron chi connectivity index (χ1n) is 15.4. The predicted molar refractivity (Wildman–Crippen MR) is 173 cm³/mol. The largest absolute Gasteiger partial charge is 0.481 e. The molecule has 5 rings (SSSR count). The number of pyridine rings is 1. The van der Waals surface area contributed by atoms with Crippen molar-refractivity contribution in [3.05, 3.63) is 52.3 Å². The molecule has 0 unspecified atom stereocenters. The van der Waals surface area contributed by atoms with Gasteiger partial charge in [0.25, 0.3) is 0 Å². The standard InChI is InChI=1S/C34H46N6O4/c1-20-27(23-9-10-24-19-40(14-11-22(24)17-23)25-18-26(43-8)38-32(35)37-25)29(39-15-12-34(6,7)13-16-39)28(21(2)36-20)30(31(41)42)44-33(3,4)5/h9-10,17-18,30H,11-16,19H2,1-8H3,(H,41,42)(H2,35,37,38)/t30-/m0/s1. The van der Waals surface area contributed by atoms with E-state index >= 15 is 0 Å². The number of aliphatic carboxylic acids is 1. The van der Waals surface area contributed by atoms with Crippen LogP contribution in [0.4, 0.5) is 17.5 Å². The third-order valence-electron chi connectivity index (χ3n) is 8.72. The maximum Gasteiger partial charge on any atom is 0.337 e. The highest BCUT2D eigenvalue weighted by Crippen LogP contribution is 2.45. The number of carboxylic acids is 1. The lowest BCUT2D eigenvalue weighted by Gasteiger charge is -2.41. The number of nitrogens with two attached hydrogens (primary N) is 1. The smallest absolute Gasteiger partial charge is 0.337 e. The normalized spacial score (nSPS) is 17.3. The molecule has 10 nitrogen and oxygen atoms in total. The summed E-state index contributed by atoms with van der Waals surface area (Å²) in [6.45, 7) is 17.3. The first kappa shape index (κ1) is 31.5. The summed E-state index contributed by atoms with van der Waals surface area (Å²) in [5.74, 6) is 0.352. The number of anilines is 3. The van der Waals surface area contributed by atoms with Gasteiger partial charge in [-0.3, -0.25) is 4.98 Å². The van der Waals surface area contributed by atoms with Crippen LogP contribution in [0.15, 0.2) is 24.3 Å². The number of methoxy groups -OCH3 is 1. The zero-order valence-electron chi connectivity index (χ0n) is 27.3. The molecule has 2 aliphatic heterocycles. The van der Waals surface area contributed by atoms with Gasteiger partial charge in [-0.05, 0) is 76.0 Å². The van der Waals surface area contributed by atoms with E-state index in [1.54, 1.807) is 7.11 Å². The minimum atomic E-state index is -1.14. The van der Waals surface area contributed by atoms with Crippen LogP contribution in [0.1, 0.15) is 81.6 Å². The van der Waals surface area contributed by atoms with Crippen LogP contribution in [0, 0.1) is 19.3 Å². The van der Waals surface area contributed by atoms with Crippen molar-refractivity contribution in [2.75, 3.05) is 42.3 Å². The second-order valence-electron chi connectivity index (χ2n) is 13.8. The summed E-state index contributed by atoms with van der Waals surface area (Å²) >= 11 is 0. The monoisotopic (exact) mass is 602 g/mol. The number of fused-ring (bicyclic) bond motifs is 1. The summed E-state index contributed by atoms with van der Waals surface area (Å²) in [5.41, 5.74) is 13.1. The molecule has 1 fully saturated rings. The maximum absolute atomic E-state index is 12.8. The van der Waals surface area contributed by atoms with E-state index in [1.807, 2.05) is 40.7 Å². The zero-order valence-corrected chi connectivity index (χ0v) is 27.3. The van der Waals surface area contributed by atoms with Crippen LogP contribution >= 0.6 is 0 Å². The minimum absolute atomic E-state index is 0.183. The van der Waals surface area contributed by atoms with Gasteiger partial charge in [-0.15, -0.1) is 0 Å². The summed E-state index contributed by atoms with van der Waals surface area (Å²) in [6, 6.07) is 8.37. The molecule has 1 aromatic carbocycles. The lowest BCUT2D eigenvalue weighted by atomic mass is 9.81. The number of aromatic nitrogens is 3. The van der Waals surface area contributed by atoms with E-state index in [4.69, 9.17) is 20.2 Å². The average molecular weight is 603 g/mol. The van der Waals surface area contributed by atoms with Crippen molar-refractivity contribution in [1.29, 1.82) is 0 Å². The maximum atomic E-state index is 12.8. The number of hydrogen-bond acceptors (Lipinski definition) is 9. The number of ether oxygens (including phenoxy) is 2. The number of piperidine rings is 1. The van der Waals surface area contributed by atoms with E-state index in [0.29, 0.717) is 23.7 Å². The Bertz CT molecular complexity index is 1550. The van der Waals surface area contributed by atoms with Gasteiger partial charge in [0.05, 0.1) is 18.4 Å². The van der Waals surface area contributed by atoms with Gasteiger partial charge in [0.2, 0.25) is 11.8 Å². The Morgan fingerprint density at radius 3 is 2.34 bits per heavy atom. The topological polar surface area (TPSA) is 127 Å². The molecule has 3 aromatic rings. The van der Waals surface area contributed by atoms with E-state index in [-0.39, 0.29) is 11.4 Å². The third-order valence-corrected chi connectivity index (χ3v) is 8.72. The first-order chi connectivity index (χ1) is 20.7. The van der Waals surface area contributed by atoms with Crippen LogP contribution in [0.25, 0.3) is 11.1 Å². The van der Waals surface area contributed by atoms with Gasteiger partial charge in [0.15, 0.2) is 6.10 Å². The van der Waals surface area contributed by atoms with Crippen molar-refractivity contribution in [2.24, 2.45) is 5.41 Å². The van der Waals surface area contributed by atoms with Crippen LogP contribution in [-0.4, -0.2) is 58.4 Å². The fourth-order valence-electron chi connectivity index (χ4n) is 6.36. The summed E-state index contributed by atoms with van der Waals surface area (Å²) in [4.78, 5) is 30.9. The number of carbonyl (C=O) groups is 1. The Balaban J connectivity index is 1.60. The molecule has 4 heterocycles. The highest BCUT2D eigenvalue weighted by Gasteiger charge is 2.36. The van der Waals surface area contributed by atoms with E-state index in [9.17, 15) is 9.90 Å². The van der Waals surface area contributed by atoms with Gasteiger partial charge in [-0.2, -0.15) is 9.97 Å². The molecule has 0 amide bonds. The lowest BCUT2D eigenvalue weighted by Crippen LogP contribution is -2.39. The number of benzene rings is 1. The van der Waals surface area contributed by atoms with Gasteiger partial charge >= 0.3 is 5.97 Å². The summed E-state index contributed by atoms with van der Waals surface area (Å²) in [7, 11) is 1.57. The fourth-order valence-corrected chi connectivity index (χ4v) is 6.36. The summed E-state index contributed by atoms with van der Waals surface area (Å²) in [6.07, 6.45) is 1.71. The van der Waals surface area contributed by atoms with Crippen molar-refractivity contribution >= 4 is 23.4 Å². The second kappa shape index (κ2) is 11.9. The molecule has 3 N–H and O–H groups in total. The highest BCUT2D eigenvalue weighted by molar-refractivity contribution is 5.88. The Kier molecular flexibility index (Phi) is 8.50. The lowest BCUT2D eigenvalue weighted by molar-refractivity contribution is -0.160. The quantitative estimate of drug-likeness (QED) is 0.339. The van der Waals surface area contributed by atoms with Crippen molar-refractivity contribution in [2.45, 2.75) is 86.0 Å². The zero-order chi connectivity index (χ0) is 32.0. The Labute approximate surface area is 260 Å². The van der Waals surface area contributed by atoms with Crippen molar-refractivity contribution < 1.29 is 19.4 Å². The number of aryl methyl sites for hydroxylation is 2. The molecule has 0 aliphatic carbocycles. The molecule has 0 spiro atoms. The van der Waals surface area contributed by atoms with Gasteiger partial charge in [-0.25, -0.2) is 4.79 Å². The van der Waals surface area contributed by atoms with Gasteiger partial charge in [-0.1, -0.05) is 32.0 Å². The number of hydrogen-bond donors (Lipinski definition) is 2. The van der Waals surface area contributed by atoms with Gasteiger partial charge in [0.1, 0.15) is 5.82 Å². The number of rotatable bonds is 7. The van der Waals surface area contributed by atoms with E-state index in [2.05, 4.69) is 51.8 Å². The van der Waals surface area contributed by atoms with Gasteiger partial charge < -0.3 is 30.1 Å². The van der Waals surface area contributed by atoms with Crippen LogP contribution in [0.2, 0.25) is 0 Å². The fraction of sp³-hybridized carbons (Fsp3) is 0.529. The van der Waals surface area contributed by atoms with Crippen molar-refractivity contribution in [3.63, 3.8) is 0 Å². The molecule has 2 aromatic heterocycles. The number of carboxylic acid groups (broad SMARTS) is 1. The highest BCUT2D eigenvalue weighted by atomic mass is 16.5. The van der Waals surface area contributed by atoms with Crippen molar-refractivity contribution in [3.8, 4) is 17.0 Å². The molecule has 0 saturated carbocycles. The molecular formula is C34H46N6O4. The first-order valence-corrected chi connectivity index (χ1v) is 15.4. The number of nitrogen functional groups attached to an aromatic ring is 1. The Morgan fingerprint density at radius 1 is 1.00 bits per heavy atom. The molecule has 0 bridgehead atoms. The molecule has 44 heavy (non-hydrogen) atoms. The van der Waals surface area contributed by atoms with Crippen LogP contribution < -0.4 is 20.3 Å². The van der Waals surface area contributed by atoms with E-state index < -0.39 is 17.7 Å². The van der Waals surface area contributed by atoms with Crippen LogP contribution in [0.3, 0.4) is 0 Å². The Hall–Kier alpha value is -3.92. The number of nitrogens with zero attached hydrogens (tertiary/aromatic N) is 5. The summed E-state index contributed by atoms with van der Waals surface area (Å²) < 4.78 is 11.5. The third kappa shape index (κ3) is 6.60. The van der Waals surface area contributed by atoms with Gasteiger partial charge in [0, 0.05) is 54.8 Å². The minimum Gasteiger partial charge on any atom is -0.481 e. The molecule has 1 atom stereocenters. The van der Waals surface area contributed by atoms with Crippen molar-refractivity contribution in [1.82, 2.24) is 15.0 Å². The molecule has 236 valence electrons. The van der Waals surface area contributed by atoms with Crippen LogP contribution in [0.5, 0.6) is 5.88 Å². The van der Waals surface area contributed by atoms with E-state index in [0.717, 1.165) is 67.2 Å². The second-order valence-corrected chi connectivity index (χ2v) is 13.8. The average Bonchev–Trinajstić information content (AvgIpc) is 2.94. The predicted octanol–water partition coefficient (Wildman–Crippen LogP) is 5.88. The van der Waals surface area contributed by atoms with E-state index in [1.165, 1.54) is 11.1 Å². The molecule has 2 aliphatic rings. The molecule has 10 heteroatoms. The van der Waals surface area contributed by atoms with Crippen LogP contribution in [-0.2, 0) is 22.5 Å². The SMILES string of the molecule is COc1cc(N2CCc3cc(-c4c(C)nc(C)c([C@H](OC(C)(C)C)C(=O)O)c4N4CCC(C)(C)CC4)ccc3C2)nc(N)n1.